The van der Waals surface area contributed by atoms with Crippen molar-refractivity contribution in [1.29, 1.82) is 0 Å². The fourth-order valence-corrected chi connectivity index (χ4v) is 2.75. The molecule has 2 rings (SSSR count). The van der Waals surface area contributed by atoms with E-state index in [1.54, 1.807) is 0 Å². The zero-order valence-electron chi connectivity index (χ0n) is 10.1. The predicted octanol–water partition coefficient (Wildman–Crippen LogP) is 5.04. The summed E-state index contributed by atoms with van der Waals surface area (Å²) >= 11 is 12.1. The van der Waals surface area contributed by atoms with Gasteiger partial charge in [-0.1, -0.05) is 30.7 Å². The van der Waals surface area contributed by atoms with Crippen LogP contribution in [0.3, 0.4) is 0 Å². The molecule has 0 amide bonds. The van der Waals surface area contributed by atoms with Crippen molar-refractivity contribution < 1.29 is 4.74 Å². The Kier molecular flexibility index (Phi) is 4.58. The largest absolute Gasteiger partial charge is 0.489 e. The highest BCUT2D eigenvalue weighted by atomic mass is 35.5. The minimum atomic E-state index is 0.299. The number of alkyl halides is 1. The molecule has 0 spiro atoms. The molecule has 0 radical (unpaired) electrons. The van der Waals surface area contributed by atoms with Crippen LogP contribution in [0.4, 0.5) is 0 Å². The fourth-order valence-electron chi connectivity index (χ4n) is 2.30. The molecule has 0 atom stereocenters. The zero-order valence-corrected chi connectivity index (χ0v) is 11.6. The normalized spacial score (nSPS) is 24.6. The van der Waals surface area contributed by atoms with Crippen LogP contribution in [0, 0.1) is 5.92 Å². The summed E-state index contributed by atoms with van der Waals surface area (Å²) in [7, 11) is 0. The van der Waals surface area contributed by atoms with Crippen LogP contribution in [0.1, 0.15) is 38.2 Å². The number of halogens is 2. The molecule has 0 unspecified atom stereocenters. The molecule has 0 heterocycles. The van der Waals surface area contributed by atoms with Crippen LogP contribution in [0.25, 0.3) is 0 Å². The monoisotopic (exact) mass is 272 g/mol. The van der Waals surface area contributed by atoms with Crippen molar-refractivity contribution in [2.24, 2.45) is 5.92 Å². The first-order chi connectivity index (χ1) is 8.20. The SMILES string of the molecule is CC1CCC(Oc2c(Cl)cccc2CCl)CC1. The van der Waals surface area contributed by atoms with Crippen LogP contribution < -0.4 is 4.74 Å². The standard InChI is InChI=1S/C14H18Cl2O/c1-10-5-7-12(8-6-10)17-14-11(9-15)3-2-4-13(14)16/h2-4,10,12H,5-9H2,1H3. The van der Waals surface area contributed by atoms with Crippen molar-refractivity contribution >= 4 is 23.2 Å². The highest BCUT2D eigenvalue weighted by molar-refractivity contribution is 6.32. The molecule has 0 saturated heterocycles. The van der Waals surface area contributed by atoms with Gasteiger partial charge in [0, 0.05) is 5.56 Å². The van der Waals surface area contributed by atoms with E-state index in [-0.39, 0.29) is 0 Å². The van der Waals surface area contributed by atoms with Gasteiger partial charge in [-0.3, -0.25) is 0 Å². The van der Waals surface area contributed by atoms with Gasteiger partial charge in [-0.15, -0.1) is 11.6 Å². The van der Waals surface area contributed by atoms with Gasteiger partial charge in [0.15, 0.2) is 0 Å². The maximum Gasteiger partial charge on any atom is 0.142 e. The molecule has 1 nitrogen and oxygen atoms in total. The van der Waals surface area contributed by atoms with E-state index in [9.17, 15) is 0 Å². The lowest BCUT2D eigenvalue weighted by atomic mass is 9.89. The van der Waals surface area contributed by atoms with E-state index in [0.29, 0.717) is 17.0 Å². The molecule has 1 saturated carbocycles. The Morgan fingerprint density at radius 2 is 1.94 bits per heavy atom. The van der Waals surface area contributed by atoms with Crippen molar-refractivity contribution in [3.63, 3.8) is 0 Å². The van der Waals surface area contributed by atoms with Crippen LogP contribution in [0.15, 0.2) is 18.2 Å². The summed E-state index contributed by atoms with van der Waals surface area (Å²) in [6, 6.07) is 5.74. The summed E-state index contributed by atoms with van der Waals surface area (Å²) in [5.74, 6) is 2.05. The Balaban J connectivity index is 2.07. The highest BCUT2D eigenvalue weighted by Crippen LogP contribution is 2.34. The van der Waals surface area contributed by atoms with Crippen molar-refractivity contribution in [3.8, 4) is 5.75 Å². The summed E-state index contributed by atoms with van der Waals surface area (Å²) in [6.07, 6.45) is 5.02. The van der Waals surface area contributed by atoms with Crippen molar-refractivity contribution in [2.75, 3.05) is 0 Å². The smallest absolute Gasteiger partial charge is 0.142 e. The molecule has 1 aliphatic rings. The average molecular weight is 273 g/mol. The molecule has 3 heteroatoms. The molecule has 1 aromatic rings. The third kappa shape index (κ3) is 3.29. The number of benzene rings is 1. The molecule has 1 aromatic carbocycles. The summed E-state index contributed by atoms with van der Waals surface area (Å²) in [6.45, 7) is 2.30. The van der Waals surface area contributed by atoms with Gasteiger partial charge < -0.3 is 4.74 Å². The second kappa shape index (κ2) is 5.97. The summed E-state index contributed by atoms with van der Waals surface area (Å²) in [5.41, 5.74) is 0.984. The first-order valence-electron chi connectivity index (χ1n) is 6.20. The van der Waals surface area contributed by atoms with Crippen LogP contribution >= 0.6 is 23.2 Å². The zero-order chi connectivity index (χ0) is 12.3. The van der Waals surface area contributed by atoms with Crippen molar-refractivity contribution in [1.82, 2.24) is 0 Å². The van der Waals surface area contributed by atoms with E-state index >= 15 is 0 Å². The molecule has 94 valence electrons. The maximum atomic E-state index is 6.17. The van der Waals surface area contributed by atoms with E-state index in [2.05, 4.69) is 6.92 Å². The molecule has 1 fully saturated rings. The van der Waals surface area contributed by atoms with Gasteiger partial charge in [-0.25, -0.2) is 0 Å². The summed E-state index contributed by atoms with van der Waals surface area (Å²) < 4.78 is 6.04. The van der Waals surface area contributed by atoms with Crippen molar-refractivity contribution in [3.05, 3.63) is 28.8 Å². The van der Waals surface area contributed by atoms with Gasteiger partial charge in [0.25, 0.3) is 0 Å². The Bertz CT molecular complexity index is 370. The van der Waals surface area contributed by atoms with Gasteiger partial charge in [-0.05, 0) is 37.7 Å². The minimum absolute atomic E-state index is 0.299. The highest BCUT2D eigenvalue weighted by Gasteiger charge is 2.21. The van der Waals surface area contributed by atoms with E-state index < -0.39 is 0 Å². The first kappa shape index (κ1) is 13.0. The maximum absolute atomic E-state index is 6.17. The number of ether oxygens (including phenoxy) is 1. The van der Waals surface area contributed by atoms with Crippen LogP contribution in [0.2, 0.25) is 5.02 Å². The van der Waals surface area contributed by atoms with E-state index in [1.807, 2.05) is 18.2 Å². The van der Waals surface area contributed by atoms with Crippen molar-refractivity contribution in [2.45, 2.75) is 44.6 Å². The number of para-hydroxylation sites is 1. The molecule has 0 aliphatic heterocycles. The van der Waals surface area contributed by atoms with Crippen LogP contribution in [-0.2, 0) is 5.88 Å². The number of hydrogen-bond acceptors (Lipinski definition) is 1. The number of hydrogen-bond donors (Lipinski definition) is 0. The Morgan fingerprint density at radius 3 is 2.59 bits per heavy atom. The van der Waals surface area contributed by atoms with E-state index in [0.717, 1.165) is 30.1 Å². The Morgan fingerprint density at radius 1 is 1.24 bits per heavy atom. The molecule has 0 aromatic heterocycles. The lowest BCUT2D eigenvalue weighted by Crippen LogP contribution is -2.23. The van der Waals surface area contributed by atoms with Crippen LogP contribution in [-0.4, -0.2) is 6.10 Å². The van der Waals surface area contributed by atoms with Gasteiger partial charge >= 0.3 is 0 Å². The number of rotatable bonds is 3. The van der Waals surface area contributed by atoms with Gasteiger partial charge in [-0.2, -0.15) is 0 Å². The quantitative estimate of drug-likeness (QED) is 0.701. The molecule has 0 bridgehead atoms. The first-order valence-corrected chi connectivity index (χ1v) is 7.12. The molecular formula is C14H18Cl2O. The lowest BCUT2D eigenvalue weighted by molar-refractivity contribution is 0.134. The average Bonchev–Trinajstić information content (AvgIpc) is 2.34. The Hall–Kier alpha value is -0.400. The second-order valence-corrected chi connectivity index (χ2v) is 5.54. The predicted molar refractivity (Wildman–Crippen MR) is 73.1 cm³/mol. The molecule has 17 heavy (non-hydrogen) atoms. The van der Waals surface area contributed by atoms with E-state index in [1.165, 1.54) is 12.8 Å². The minimum Gasteiger partial charge on any atom is -0.489 e. The summed E-state index contributed by atoms with van der Waals surface area (Å²) in [5, 5.41) is 0.668. The second-order valence-electron chi connectivity index (χ2n) is 4.86. The molecule has 0 N–H and O–H groups in total. The van der Waals surface area contributed by atoms with Gasteiger partial charge in [0.1, 0.15) is 5.75 Å². The van der Waals surface area contributed by atoms with Crippen LogP contribution in [0.5, 0.6) is 5.75 Å². The van der Waals surface area contributed by atoms with Gasteiger partial charge in [0.2, 0.25) is 0 Å². The van der Waals surface area contributed by atoms with E-state index in [4.69, 9.17) is 27.9 Å². The Labute approximate surface area is 113 Å². The third-order valence-corrected chi connectivity index (χ3v) is 4.03. The van der Waals surface area contributed by atoms with Gasteiger partial charge in [0.05, 0.1) is 17.0 Å². The summed E-state index contributed by atoms with van der Waals surface area (Å²) in [4.78, 5) is 0. The third-order valence-electron chi connectivity index (χ3n) is 3.44. The molecule has 1 aliphatic carbocycles. The topological polar surface area (TPSA) is 9.23 Å². The lowest BCUT2D eigenvalue weighted by Gasteiger charge is -2.28. The fraction of sp³-hybridized carbons (Fsp3) is 0.571. The molecular weight excluding hydrogens is 255 g/mol.